The Labute approximate surface area is 86.6 Å². The molecule has 0 heterocycles. The minimum Gasteiger partial charge on any atom is -0.265 e. The van der Waals surface area contributed by atoms with Gasteiger partial charge in [0.1, 0.15) is 5.82 Å². The summed E-state index contributed by atoms with van der Waals surface area (Å²) in [5.41, 5.74) is 0.303. The van der Waals surface area contributed by atoms with Gasteiger partial charge in [-0.25, -0.2) is 4.39 Å². The molecule has 0 aromatic heterocycles. The number of hydrogen-bond donors (Lipinski definition) is 0. The first-order chi connectivity index (χ1) is 6.38. The summed E-state index contributed by atoms with van der Waals surface area (Å²) in [5, 5.41) is 0.273. The first-order valence-electron chi connectivity index (χ1n) is 3.67. The smallest absolute Gasteiger partial charge is 0.264 e. The lowest BCUT2D eigenvalue weighted by Crippen LogP contribution is -2.03. The average molecular weight is 239 g/mol. The quantitative estimate of drug-likeness (QED) is 0.756. The van der Waals surface area contributed by atoms with Gasteiger partial charge in [0.05, 0.1) is 12.9 Å². The summed E-state index contributed by atoms with van der Waals surface area (Å²) in [4.78, 5) is 0. The van der Waals surface area contributed by atoms with Crippen LogP contribution < -0.4 is 0 Å². The van der Waals surface area contributed by atoms with Crippen molar-refractivity contribution in [3.8, 4) is 0 Å². The predicted octanol–water partition coefficient (Wildman–Crippen LogP) is 1.96. The van der Waals surface area contributed by atoms with Crippen molar-refractivity contribution in [2.45, 2.75) is 6.61 Å². The van der Waals surface area contributed by atoms with Gasteiger partial charge in [0, 0.05) is 10.6 Å². The first kappa shape index (κ1) is 11.4. The standard InChI is InChI=1S/C8H8ClFO3S/c1-14(11,12)13-5-6-4-7(10)2-3-8(6)9/h2-4H,5H2,1H3. The van der Waals surface area contributed by atoms with Crippen molar-refractivity contribution in [2.75, 3.05) is 6.26 Å². The Morgan fingerprint density at radius 2 is 2.14 bits per heavy atom. The molecular formula is C8H8ClFO3S. The summed E-state index contributed by atoms with van der Waals surface area (Å²) in [6.07, 6.45) is 0.917. The van der Waals surface area contributed by atoms with E-state index in [2.05, 4.69) is 4.18 Å². The molecule has 6 heteroatoms. The molecule has 0 saturated heterocycles. The Morgan fingerprint density at radius 1 is 1.50 bits per heavy atom. The molecule has 1 aromatic rings. The van der Waals surface area contributed by atoms with Crippen molar-refractivity contribution in [2.24, 2.45) is 0 Å². The van der Waals surface area contributed by atoms with Crippen molar-refractivity contribution in [1.82, 2.24) is 0 Å². The van der Waals surface area contributed by atoms with Gasteiger partial charge in [-0.1, -0.05) is 11.6 Å². The highest BCUT2D eigenvalue weighted by Gasteiger charge is 2.06. The van der Waals surface area contributed by atoms with Crippen LogP contribution in [0.3, 0.4) is 0 Å². The topological polar surface area (TPSA) is 43.4 Å². The fraction of sp³-hybridized carbons (Fsp3) is 0.250. The van der Waals surface area contributed by atoms with E-state index in [1.165, 1.54) is 12.1 Å². The molecule has 0 N–H and O–H groups in total. The van der Waals surface area contributed by atoms with Crippen molar-refractivity contribution in [1.29, 1.82) is 0 Å². The lowest BCUT2D eigenvalue weighted by molar-refractivity contribution is 0.311. The van der Waals surface area contributed by atoms with E-state index in [9.17, 15) is 12.8 Å². The predicted molar refractivity (Wildman–Crippen MR) is 51.0 cm³/mol. The first-order valence-corrected chi connectivity index (χ1v) is 5.86. The van der Waals surface area contributed by atoms with Gasteiger partial charge >= 0.3 is 0 Å². The van der Waals surface area contributed by atoms with Crippen LogP contribution in [0.2, 0.25) is 5.02 Å². The number of halogens is 2. The molecule has 0 saturated carbocycles. The molecule has 0 atom stereocenters. The van der Waals surface area contributed by atoms with Crippen LogP contribution in [0.15, 0.2) is 18.2 Å². The second-order valence-electron chi connectivity index (χ2n) is 2.70. The van der Waals surface area contributed by atoms with Crippen LogP contribution in [0.4, 0.5) is 4.39 Å². The van der Waals surface area contributed by atoms with Crippen LogP contribution in [0, 0.1) is 5.82 Å². The summed E-state index contributed by atoms with van der Waals surface area (Å²) in [6.45, 7) is -0.255. The summed E-state index contributed by atoms with van der Waals surface area (Å²) >= 11 is 5.68. The normalized spacial score (nSPS) is 11.6. The molecule has 0 aliphatic heterocycles. The van der Waals surface area contributed by atoms with Crippen LogP contribution in [-0.4, -0.2) is 14.7 Å². The lowest BCUT2D eigenvalue weighted by Gasteiger charge is -2.03. The van der Waals surface area contributed by atoms with Crippen LogP contribution in [0.25, 0.3) is 0 Å². The number of rotatable bonds is 3. The Kier molecular flexibility index (Phi) is 3.47. The van der Waals surface area contributed by atoms with E-state index in [-0.39, 0.29) is 11.6 Å². The molecule has 0 aliphatic carbocycles. The Hall–Kier alpha value is -0.650. The highest BCUT2D eigenvalue weighted by atomic mass is 35.5. The molecule has 14 heavy (non-hydrogen) atoms. The molecule has 0 aliphatic rings. The van der Waals surface area contributed by atoms with Gasteiger partial charge in [0.15, 0.2) is 0 Å². The van der Waals surface area contributed by atoms with Crippen molar-refractivity contribution in [3.05, 3.63) is 34.6 Å². The van der Waals surface area contributed by atoms with Gasteiger partial charge in [0.2, 0.25) is 0 Å². The average Bonchev–Trinajstić information content (AvgIpc) is 2.05. The van der Waals surface area contributed by atoms with Crippen molar-refractivity contribution >= 4 is 21.7 Å². The van der Waals surface area contributed by atoms with Crippen LogP contribution in [-0.2, 0) is 20.9 Å². The zero-order valence-corrected chi connectivity index (χ0v) is 8.90. The van der Waals surface area contributed by atoms with E-state index in [1.807, 2.05) is 0 Å². The van der Waals surface area contributed by atoms with Crippen molar-refractivity contribution < 1.29 is 17.0 Å². The monoisotopic (exact) mass is 238 g/mol. The van der Waals surface area contributed by atoms with E-state index in [4.69, 9.17) is 11.6 Å². The van der Waals surface area contributed by atoms with Crippen LogP contribution >= 0.6 is 11.6 Å². The fourth-order valence-corrected chi connectivity index (χ4v) is 1.34. The molecular weight excluding hydrogens is 231 g/mol. The lowest BCUT2D eigenvalue weighted by atomic mass is 10.2. The SMILES string of the molecule is CS(=O)(=O)OCc1cc(F)ccc1Cl. The highest BCUT2D eigenvalue weighted by Crippen LogP contribution is 2.18. The minimum atomic E-state index is -3.53. The maximum atomic E-state index is 12.7. The van der Waals surface area contributed by atoms with E-state index in [0.29, 0.717) is 5.56 Å². The van der Waals surface area contributed by atoms with Crippen LogP contribution in [0.5, 0.6) is 0 Å². The maximum Gasteiger partial charge on any atom is 0.264 e. The molecule has 1 aromatic carbocycles. The molecule has 0 fully saturated rings. The maximum absolute atomic E-state index is 12.7. The largest absolute Gasteiger partial charge is 0.265 e. The molecule has 0 amide bonds. The molecule has 0 unspecified atom stereocenters. The second-order valence-corrected chi connectivity index (χ2v) is 4.75. The van der Waals surface area contributed by atoms with Crippen LogP contribution in [0.1, 0.15) is 5.56 Å². The molecule has 0 spiro atoms. The Bertz CT molecular complexity index is 430. The zero-order valence-electron chi connectivity index (χ0n) is 7.33. The highest BCUT2D eigenvalue weighted by molar-refractivity contribution is 7.85. The third kappa shape index (κ3) is 3.61. The summed E-state index contributed by atoms with van der Waals surface area (Å²) in [7, 11) is -3.53. The molecule has 0 bridgehead atoms. The van der Waals surface area contributed by atoms with Gasteiger partial charge in [-0.15, -0.1) is 0 Å². The summed E-state index contributed by atoms with van der Waals surface area (Å²) in [5.74, 6) is -0.485. The zero-order chi connectivity index (χ0) is 10.8. The van der Waals surface area contributed by atoms with E-state index in [0.717, 1.165) is 12.3 Å². The van der Waals surface area contributed by atoms with E-state index >= 15 is 0 Å². The van der Waals surface area contributed by atoms with Gasteiger partial charge in [-0.3, -0.25) is 4.18 Å². The minimum absolute atomic E-state index is 0.255. The number of benzene rings is 1. The Balaban J connectivity index is 2.81. The summed E-state index contributed by atoms with van der Waals surface area (Å²) < 4.78 is 38.5. The third-order valence-electron chi connectivity index (χ3n) is 1.44. The molecule has 1 rings (SSSR count). The van der Waals surface area contributed by atoms with Gasteiger partial charge in [0.25, 0.3) is 10.1 Å². The third-order valence-corrected chi connectivity index (χ3v) is 2.35. The fourth-order valence-electron chi connectivity index (χ4n) is 0.824. The molecule has 0 radical (unpaired) electrons. The van der Waals surface area contributed by atoms with Crippen molar-refractivity contribution in [3.63, 3.8) is 0 Å². The van der Waals surface area contributed by atoms with Gasteiger partial charge < -0.3 is 0 Å². The van der Waals surface area contributed by atoms with E-state index < -0.39 is 15.9 Å². The number of hydrogen-bond acceptors (Lipinski definition) is 3. The van der Waals surface area contributed by atoms with Gasteiger partial charge in [-0.05, 0) is 18.2 Å². The Morgan fingerprint density at radius 3 is 2.71 bits per heavy atom. The van der Waals surface area contributed by atoms with Gasteiger partial charge in [-0.2, -0.15) is 8.42 Å². The molecule has 3 nitrogen and oxygen atoms in total. The van der Waals surface area contributed by atoms with E-state index in [1.54, 1.807) is 0 Å². The molecule has 78 valence electrons. The summed E-state index contributed by atoms with van der Waals surface area (Å²) in [6, 6.07) is 3.66. The second kappa shape index (κ2) is 4.25.